The molecule has 1 radical (unpaired) electrons. The number of nitrogens with zero attached hydrogens (tertiary/aromatic N) is 5. The molecule has 1 atom stereocenters. The van der Waals surface area contributed by atoms with Gasteiger partial charge in [-0.15, -0.1) is 0 Å². The molecule has 1 amide bonds. The number of hydrogen-bond donors (Lipinski definition) is 1. The Morgan fingerprint density at radius 3 is 2.58 bits per heavy atom. The number of aromatic nitrogens is 3. The van der Waals surface area contributed by atoms with Gasteiger partial charge >= 0.3 is 0 Å². The number of anilines is 2. The van der Waals surface area contributed by atoms with Crippen molar-refractivity contribution in [3.8, 4) is 11.3 Å². The Balaban J connectivity index is 1.43. The highest BCUT2D eigenvalue weighted by molar-refractivity contribution is 7.88. The van der Waals surface area contributed by atoms with Crippen molar-refractivity contribution in [1.29, 1.82) is 0 Å². The van der Waals surface area contributed by atoms with E-state index in [1.54, 1.807) is 18.5 Å². The van der Waals surface area contributed by atoms with E-state index in [0.29, 0.717) is 30.2 Å². The number of fused-ring (bicyclic) bond motifs is 1. The molecule has 5 rings (SSSR count). The van der Waals surface area contributed by atoms with Crippen LogP contribution in [0.4, 0.5) is 11.5 Å². The highest BCUT2D eigenvalue weighted by Gasteiger charge is 2.29. The predicted octanol–water partition coefficient (Wildman–Crippen LogP) is 2.76. The summed E-state index contributed by atoms with van der Waals surface area (Å²) in [5, 5.41) is 7.14. The maximum atomic E-state index is 12.5. The minimum Gasteiger partial charge on any atom is -0.340 e. The Morgan fingerprint density at radius 2 is 1.88 bits per heavy atom. The average molecular weight is 462 g/mol. The zero-order valence-corrected chi connectivity index (χ0v) is 18.7. The number of amides is 1. The molecule has 2 aliphatic rings. The van der Waals surface area contributed by atoms with Crippen molar-refractivity contribution in [2.24, 2.45) is 0 Å². The molecular formula is C23H21N6O3S. The van der Waals surface area contributed by atoms with E-state index >= 15 is 0 Å². The predicted molar refractivity (Wildman–Crippen MR) is 124 cm³/mol. The molecule has 0 spiro atoms. The lowest BCUT2D eigenvalue weighted by Crippen LogP contribution is -2.27. The van der Waals surface area contributed by atoms with Crippen molar-refractivity contribution in [3.63, 3.8) is 0 Å². The summed E-state index contributed by atoms with van der Waals surface area (Å²) >= 11 is 0. The molecule has 2 aromatic heterocycles. The van der Waals surface area contributed by atoms with Crippen LogP contribution in [-0.2, 0) is 10.0 Å². The van der Waals surface area contributed by atoms with Crippen molar-refractivity contribution in [1.82, 2.24) is 24.6 Å². The topological polar surface area (TPSA) is 119 Å². The second-order valence-corrected chi connectivity index (χ2v) is 10.0. The Bertz CT molecular complexity index is 1340. The Hall–Kier alpha value is -3.63. The molecule has 1 fully saturated rings. The molecule has 10 heteroatoms. The summed E-state index contributed by atoms with van der Waals surface area (Å²) in [6.07, 6.45) is 10.1. The Kier molecular flexibility index (Phi) is 5.39. The highest BCUT2D eigenvalue weighted by atomic mass is 32.2. The minimum atomic E-state index is -3.18. The van der Waals surface area contributed by atoms with Crippen LogP contribution in [0.1, 0.15) is 33.8 Å². The van der Waals surface area contributed by atoms with Crippen LogP contribution >= 0.6 is 0 Å². The van der Waals surface area contributed by atoms with Gasteiger partial charge in [-0.1, -0.05) is 12.1 Å². The SMILES string of the molecule is CS(=O)(=O)N1CCC(c2ccc(Nc3nc(-c4cncnc4)cc4c3C(=O)[N]C=C4)cc2)C1. The van der Waals surface area contributed by atoms with E-state index in [2.05, 4.69) is 25.6 Å². The molecule has 1 unspecified atom stereocenters. The molecule has 1 saturated heterocycles. The van der Waals surface area contributed by atoms with Crippen LogP contribution in [0, 0.1) is 0 Å². The van der Waals surface area contributed by atoms with Crippen LogP contribution < -0.4 is 10.6 Å². The summed E-state index contributed by atoms with van der Waals surface area (Å²) in [7, 11) is -3.18. The van der Waals surface area contributed by atoms with Crippen molar-refractivity contribution in [2.45, 2.75) is 12.3 Å². The molecule has 0 saturated carbocycles. The third kappa shape index (κ3) is 4.35. The van der Waals surface area contributed by atoms with Gasteiger partial charge in [-0.2, -0.15) is 0 Å². The van der Waals surface area contributed by atoms with E-state index in [1.807, 2.05) is 30.3 Å². The Labute approximate surface area is 191 Å². The second-order valence-electron chi connectivity index (χ2n) is 8.05. The third-order valence-electron chi connectivity index (χ3n) is 5.83. The first-order chi connectivity index (χ1) is 15.9. The zero-order chi connectivity index (χ0) is 23.0. The first-order valence-electron chi connectivity index (χ1n) is 10.4. The number of sulfonamides is 1. The Morgan fingerprint density at radius 1 is 1.12 bits per heavy atom. The molecular weight excluding hydrogens is 440 g/mol. The summed E-state index contributed by atoms with van der Waals surface area (Å²) in [6, 6.07) is 9.59. The summed E-state index contributed by atoms with van der Waals surface area (Å²) in [4.78, 5) is 25.3. The molecule has 167 valence electrons. The first-order valence-corrected chi connectivity index (χ1v) is 12.3. The van der Waals surface area contributed by atoms with E-state index in [4.69, 9.17) is 0 Å². The lowest BCUT2D eigenvalue weighted by atomic mass is 9.98. The molecule has 33 heavy (non-hydrogen) atoms. The van der Waals surface area contributed by atoms with Crippen LogP contribution in [0.5, 0.6) is 0 Å². The van der Waals surface area contributed by atoms with Gasteiger partial charge in [0.05, 0.1) is 17.5 Å². The van der Waals surface area contributed by atoms with Gasteiger partial charge in [-0.3, -0.25) is 4.79 Å². The number of carbonyl (C=O) groups excluding carboxylic acids is 1. The fourth-order valence-electron chi connectivity index (χ4n) is 4.12. The van der Waals surface area contributed by atoms with Crippen LogP contribution in [0.3, 0.4) is 0 Å². The quantitative estimate of drug-likeness (QED) is 0.620. The van der Waals surface area contributed by atoms with Gasteiger partial charge < -0.3 is 5.32 Å². The van der Waals surface area contributed by atoms with E-state index < -0.39 is 10.0 Å². The normalized spacial score (nSPS) is 18.1. The number of nitrogens with one attached hydrogen (secondary N) is 1. The van der Waals surface area contributed by atoms with Crippen molar-refractivity contribution in [2.75, 3.05) is 24.7 Å². The van der Waals surface area contributed by atoms with Gasteiger partial charge in [0, 0.05) is 42.9 Å². The van der Waals surface area contributed by atoms with Gasteiger partial charge in [-0.05, 0) is 47.7 Å². The minimum absolute atomic E-state index is 0.159. The lowest BCUT2D eigenvalue weighted by Gasteiger charge is -2.17. The zero-order valence-electron chi connectivity index (χ0n) is 17.8. The van der Waals surface area contributed by atoms with Crippen LogP contribution in [0.15, 0.2) is 55.3 Å². The van der Waals surface area contributed by atoms with Gasteiger partial charge in [0.2, 0.25) is 10.0 Å². The molecule has 9 nitrogen and oxygen atoms in total. The molecule has 3 aromatic rings. The van der Waals surface area contributed by atoms with Gasteiger partial charge in [0.15, 0.2) is 0 Å². The summed E-state index contributed by atoms with van der Waals surface area (Å²) in [6.45, 7) is 1.03. The number of pyridine rings is 1. The number of carbonyl (C=O) groups is 1. The number of rotatable bonds is 5. The van der Waals surface area contributed by atoms with E-state index in [0.717, 1.165) is 28.8 Å². The van der Waals surface area contributed by atoms with Gasteiger partial charge in [0.25, 0.3) is 5.91 Å². The summed E-state index contributed by atoms with van der Waals surface area (Å²) < 4.78 is 25.1. The molecule has 1 aromatic carbocycles. The third-order valence-corrected chi connectivity index (χ3v) is 7.10. The standard InChI is InChI=1S/C23H21N6O3S/c1-33(31,32)29-9-7-17(13-29)15-2-4-19(5-3-15)27-22-21-16(6-8-26-23(21)30)10-20(28-22)18-11-24-14-25-12-18/h2-6,8,10-12,14,17H,7,9,13H2,1H3,(H,27,28). The van der Waals surface area contributed by atoms with Crippen LogP contribution in [0.2, 0.25) is 0 Å². The van der Waals surface area contributed by atoms with E-state index in [-0.39, 0.29) is 11.8 Å². The van der Waals surface area contributed by atoms with Crippen LogP contribution in [0.25, 0.3) is 17.3 Å². The van der Waals surface area contributed by atoms with E-state index in [9.17, 15) is 13.2 Å². The molecule has 0 aliphatic carbocycles. The first kappa shape index (κ1) is 21.2. The molecule has 4 heterocycles. The lowest BCUT2D eigenvalue weighted by molar-refractivity contribution is 0.0965. The van der Waals surface area contributed by atoms with Crippen molar-refractivity contribution < 1.29 is 13.2 Å². The smallest absolute Gasteiger partial charge is 0.281 e. The van der Waals surface area contributed by atoms with E-state index in [1.165, 1.54) is 23.1 Å². The largest absolute Gasteiger partial charge is 0.340 e. The maximum Gasteiger partial charge on any atom is 0.281 e. The molecule has 2 aliphatic heterocycles. The van der Waals surface area contributed by atoms with Gasteiger partial charge in [0.1, 0.15) is 12.1 Å². The summed E-state index contributed by atoms with van der Waals surface area (Å²) in [5.74, 6) is 0.203. The average Bonchev–Trinajstić information content (AvgIpc) is 3.31. The summed E-state index contributed by atoms with van der Waals surface area (Å²) in [5.41, 5.74) is 4.33. The van der Waals surface area contributed by atoms with Crippen molar-refractivity contribution in [3.05, 3.63) is 71.9 Å². The fraction of sp³-hybridized carbons (Fsp3) is 0.217. The maximum absolute atomic E-state index is 12.5. The fourth-order valence-corrected chi connectivity index (χ4v) is 5.01. The number of benzene rings is 1. The highest BCUT2D eigenvalue weighted by Crippen LogP contribution is 2.32. The molecule has 0 bridgehead atoms. The van der Waals surface area contributed by atoms with Crippen LogP contribution in [-0.4, -0.2) is 52.9 Å². The second kappa shape index (κ2) is 8.38. The number of hydrogen-bond acceptors (Lipinski definition) is 7. The molecule has 1 N–H and O–H groups in total. The van der Waals surface area contributed by atoms with Crippen molar-refractivity contribution >= 4 is 33.5 Å². The van der Waals surface area contributed by atoms with Gasteiger partial charge in [-0.25, -0.2) is 33.0 Å². The monoisotopic (exact) mass is 461 g/mol.